The van der Waals surface area contributed by atoms with Crippen LogP contribution in [0.3, 0.4) is 0 Å². The molecule has 0 fully saturated rings. The molecule has 0 saturated carbocycles. The molecule has 0 saturated heterocycles. The van der Waals surface area contributed by atoms with Gasteiger partial charge in [-0.2, -0.15) is 0 Å². The third-order valence-corrected chi connectivity index (χ3v) is 2.60. The Morgan fingerprint density at radius 1 is 1.41 bits per heavy atom. The van der Waals surface area contributed by atoms with Crippen LogP contribution in [0.2, 0.25) is 0 Å². The lowest BCUT2D eigenvalue weighted by Gasteiger charge is -2.12. The molecule has 1 atom stereocenters. The summed E-state index contributed by atoms with van der Waals surface area (Å²) in [5.41, 5.74) is 0.600. The normalized spacial score (nSPS) is 12.2. The van der Waals surface area contributed by atoms with Crippen molar-refractivity contribution in [2.75, 3.05) is 20.1 Å². The van der Waals surface area contributed by atoms with E-state index in [-0.39, 0.29) is 11.5 Å². The first-order valence-corrected chi connectivity index (χ1v) is 5.74. The summed E-state index contributed by atoms with van der Waals surface area (Å²) >= 11 is 0. The number of hydrogen-bond donors (Lipinski definition) is 2. The van der Waals surface area contributed by atoms with Crippen molar-refractivity contribution in [1.29, 1.82) is 0 Å². The second-order valence-corrected chi connectivity index (χ2v) is 4.31. The molecule has 1 aromatic carbocycles. The zero-order valence-corrected chi connectivity index (χ0v) is 10.5. The van der Waals surface area contributed by atoms with E-state index in [0.29, 0.717) is 18.0 Å². The zero-order valence-electron chi connectivity index (χ0n) is 10.5. The summed E-state index contributed by atoms with van der Waals surface area (Å²) in [4.78, 5) is 11.8. The van der Waals surface area contributed by atoms with Gasteiger partial charge in [0, 0.05) is 6.54 Å². The topological polar surface area (TPSA) is 41.1 Å². The molecule has 0 aromatic heterocycles. The molecular weight excluding hydrogens is 219 g/mol. The monoisotopic (exact) mass is 238 g/mol. The number of carbonyl (C=O) groups is 1. The summed E-state index contributed by atoms with van der Waals surface area (Å²) < 4.78 is 13.7. The predicted molar refractivity (Wildman–Crippen MR) is 66.6 cm³/mol. The molecule has 0 heterocycles. The molecule has 4 heteroatoms. The highest BCUT2D eigenvalue weighted by Gasteiger charge is 2.13. The summed E-state index contributed by atoms with van der Waals surface area (Å²) in [6.45, 7) is 5.02. The van der Waals surface area contributed by atoms with Crippen molar-refractivity contribution < 1.29 is 9.18 Å². The predicted octanol–water partition coefficient (Wildman–Crippen LogP) is 1.72. The van der Waals surface area contributed by atoms with Gasteiger partial charge in [-0.25, -0.2) is 4.39 Å². The van der Waals surface area contributed by atoms with E-state index >= 15 is 0 Å². The minimum absolute atomic E-state index is 0.113. The average molecular weight is 238 g/mol. The molecule has 1 amide bonds. The van der Waals surface area contributed by atoms with Crippen LogP contribution >= 0.6 is 0 Å². The van der Waals surface area contributed by atoms with Gasteiger partial charge in [-0.05, 0) is 38.1 Å². The molecule has 1 unspecified atom stereocenters. The van der Waals surface area contributed by atoms with Gasteiger partial charge in [0.25, 0.3) is 5.91 Å². The van der Waals surface area contributed by atoms with E-state index < -0.39 is 5.82 Å². The Bertz CT molecular complexity index is 393. The smallest absolute Gasteiger partial charge is 0.254 e. The maximum absolute atomic E-state index is 13.7. The Labute approximate surface area is 101 Å². The first kappa shape index (κ1) is 13.6. The van der Waals surface area contributed by atoms with Gasteiger partial charge in [-0.1, -0.05) is 19.1 Å². The molecule has 3 nitrogen and oxygen atoms in total. The highest BCUT2D eigenvalue weighted by atomic mass is 19.1. The van der Waals surface area contributed by atoms with Crippen LogP contribution < -0.4 is 10.6 Å². The molecule has 1 aromatic rings. The van der Waals surface area contributed by atoms with Crippen LogP contribution in [0.1, 0.15) is 22.8 Å². The fourth-order valence-electron chi connectivity index (χ4n) is 1.61. The maximum atomic E-state index is 13.7. The lowest BCUT2D eigenvalue weighted by molar-refractivity contribution is 0.0944. The number of aryl methyl sites for hydroxylation is 1. The molecule has 0 aliphatic heterocycles. The van der Waals surface area contributed by atoms with Crippen molar-refractivity contribution in [2.24, 2.45) is 5.92 Å². The Kier molecular flexibility index (Phi) is 5.10. The van der Waals surface area contributed by atoms with Crippen molar-refractivity contribution in [3.63, 3.8) is 0 Å². The van der Waals surface area contributed by atoms with Crippen LogP contribution in [0, 0.1) is 18.7 Å². The molecule has 0 aliphatic rings. The number of benzene rings is 1. The van der Waals surface area contributed by atoms with E-state index in [1.807, 2.05) is 14.0 Å². The Balaban J connectivity index is 2.61. The zero-order chi connectivity index (χ0) is 12.8. The van der Waals surface area contributed by atoms with Gasteiger partial charge in [-0.15, -0.1) is 0 Å². The maximum Gasteiger partial charge on any atom is 0.254 e. The van der Waals surface area contributed by atoms with Crippen molar-refractivity contribution in [3.8, 4) is 0 Å². The van der Waals surface area contributed by atoms with Gasteiger partial charge < -0.3 is 10.6 Å². The van der Waals surface area contributed by atoms with Crippen LogP contribution in [-0.4, -0.2) is 26.0 Å². The van der Waals surface area contributed by atoms with Gasteiger partial charge >= 0.3 is 0 Å². The first-order valence-electron chi connectivity index (χ1n) is 5.74. The second kappa shape index (κ2) is 6.35. The summed E-state index contributed by atoms with van der Waals surface area (Å²) in [7, 11) is 1.86. The number of carbonyl (C=O) groups excluding carboxylic acids is 1. The van der Waals surface area contributed by atoms with Crippen molar-refractivity contribution in [2.45, 2.75) is 13.8 Å². The third-order valence-electron chi connectivity index (χ3n) is 2.60. The van der Waals surface area contributed by atoms with Crippen molar-refractivity contribution in [3.05, 3.63) is 35.1 Å². The highest BCUT2D eigenvalue weighted by Crippen LogP contribution is 2.11. The summed E-state index contributed by atoms with van der Waals surface area (Å²) in [6, 6.07) is 4.83. The van der Waals surface area contributed by atoms with E-state index in [1.54, 1.807) is 19.1 Å². The minimum Gasteiger partial charge on any atom is -0.352 e. The van der Waals surface area contributed by atoms with Gasteiger partial charge in [0.1, 0.15) is 5.82 Å². The molecule has 0 spiro atoms. The fraction of sp³-hybridized carbons (Fsp3) is 0.462. The first-order chi connectivity index (χ1) is 8.06. The van der Waals surface area contributed by atoms with Crippen LogP contribution in [0.15, 0.2) is 18.2 Å². The molecule has 17 heavy (non-hydrogen) atoms. The summed E-state index contributed by atoms with van der Waals surface area (Å²) in [5, 5.41) is 5.76. The van der Waals surface area contributed by atoms with E-state index in [1.165, 1.54) is 6.07 Å². The van der Waals surface area contributed by atoms with Gasteiger partial charge in [0.15, 0.2) is 0 Å². The molecule has 0 radical (unpaired) electrons. The molecule has 0 bridgehead atoms. The SMILES string of the molecule is CNCC(C)CNC(=O)c1cccc(C)c1F. The Morgan fingerprint density at radius 2 is 2.12 bits per heavy atom. The van der Waals surface area contributed by atoms with E-state index in [4.69, 9.17) is 0 Å². The highest BCUT2D eigenvalue weighted by molar-refractivity contribution is 5.94. The molecule has 2 N–H and O–H groups in total. The molecule has 94 valence electrons. The van der Waals surface area contributed by atoms with E-state index in [2.05, 4.69) is 10.6 Å². The lowest BCUT2D eigenvalue weighted by Crippen LogP contribution is -2.32. The Morgan fingerprint density at radius 3 is 2.76 bits per heavy atom. The standard InChI is InChI=1S/C13H19FN2O/c1-9(7-15-3)8-16-13(17)11-6-4-5-10(2)12(11)14/h4-6,9,15H,7-8H2,1-3H3,(H,16,17). The van der Waals surface area contributed by atoms with E-state index in [0.717, 1.165) is 6.54 Å². The number of halogens is 1. The summed E-state index contributed by atoms with van der Waals surface area (Å²) in [5.74, 6) is -0.475. The second-order valence-electron chi connectivity index (χ2n) is 4.31. The quantitative estimate of drug-likeness (QED) is 0.820. The average Bonchev–Trinajstić information content (AvgIpc) is 2.30. The van der Waals surface area contributed by atoms with Crippen molar-refractivity contribution in [1.82, 2.24) is 10.6 Å². The fourth-order valence-corrected chi connectivity index (χ4v) is 1.61. The third kappa shape index (κ3) is 3.82. The number of hydrogen-bond acceptors (Lipinski definition) is 2. The van der Waals surface area contributed by atoms with Crippen LogP contribution in [0.4, 0.5) is 4.39 Å². The van der Waals surface area contributed by atoms with Crippen LogP contribution in [0.25, 0.3) is 0 Å². The van der Waals surface area contributed by atoms with E-state index in [9.17, 15) is 9.18 Å². The Hall–Kier alpha value is -1.42. The molecule has 0 aliphatic carbocycles. The van der Waals surface area contributed by atoms with Gasteiger partial charge in [-0.3, -0.25) is 4.79 Å². The van der Waals surface area contributed by atoms with Gasteiger partial charge in [0.2, 0.25) is 0 Å². The lowest BCUT2D eigenvalue weighted by atomic mass is 10.1. The molecule has 1 rings (SSSR count). The number of nitrogens with one attached hydrogen (secondary N) is 2. The van der Waals surface area contributed by atoms with Crippen LogP contribution in [0.5, 0.6) is 0 Å². The largest absolute Gasteiger partial charge is 0.352 e. The number of rotatable bonds is 5. The van der Waals surface area contributed by atoms with Crippen molar-refractivity contribution >= 4 is 5.91 Å². The number of amides is 1. The minimum atomic E-state index is -0.439. The van der Waals surface area contributed by atoms with Crippen LogP contribution in [-0.2, 0) is 0 Å². The summed E-state index contributed by atoms with van der Waals surface area (Å²) in [6.07, 6.45) is 0. The molecular formula is C13H19FN2O. The van der Waals surface area contributed by atoms with Gasteiger partial charge in [0.05, 0.1) is 5.56 Å².